The highest BCUT2D eigenvalue weighted by atomic mass is 32.1. The number of unbranched alkanes of at least 4 members (excludes halogenated alkanes) is 6. The minimum absolute atomic E-state index is 0.152. The summed E-state index contributed by atoms with van der Waals surface area (Å²) >= 11 is 6.31. The quantitative estimate of drug-likeness (QED) is 0.0368. The molecular formula is C86H112N6O8S4. The number of fused-ring (bicyclic) bond motifs is 5. The second-order valence-electron chi connectivity index (χ2n) is 30.2. The van der Waals surface area contributed by atoms with Crippen LogP contribution in [-0.4, -0.2) is 104 Å². The average Bonchev–Trinajstić information content (AvgIpc) is 1.55. The number of thiophene rings is 4. The van der Waals surface area contributed by atoms with Crippen LogP contribution in [0.25, 0.3) is 53.0 Å². The third kappa shape index (κ3) is 14.7. The van der Waals surface area contributed by atoms with Gasteiger partial charge in [-0.2, -0.15) is 0 Å². The molecule has 6 atom stereocenters. The zero-order valence-corrected chi connectivity index (χ0v) is 67.3. The molecule has 6 aliphatic rings. The van der Waals surface area contributed by atoms with Crippen LogP contribution in [0.1, 0.15) is 268 Å². The van der Waals surface area contributed by atoms with Crippen molar-refractivity contribution in [3.63, 3.8) is 0 Å². The van der Waals surface area contributed by atoms with Crippen LogP contribution in [0.2, 0.25) is 0 Å². The highest BCUT2D eigenvalue weighted by Gasteiger charge is 2.54. The van der Waals surface area contributed by atoms with Gasteiger partial charge in [-0.1, -0.05) is 199 Å². The van der Waals surface area contributed by atoms with Crippen molar-refractivity contribution < 1.29 is 37.6 Å². The van der Waals surface area contributed by atoms with Crippen molar-refractivity contribution in [1.82, 2.24) is 29.4 Å². The fourth-order valence-electron chi connectivity index (χ4n) is 16.8. The Balaban J connectivity index is 1.00. The molecule has 558 valence electrons. The lowest BCUT2D eigenvalue weighted by Crippen LogP contribution is -2.34. The van der Waals surface area contributed by atoms with Gasteiger partial charge in [-0.05, 0) is 123 Å². The average molecular weight is 1490 g/mol. The Kier molecular flexibility index (Phi) is 25.4. The van der Waals surface area contributed by atoms with E-state index in [1.165, 1.54) is 0 Å². The molecule has 6 amide bonds. The molecule has 0 N–H and O–H groups in total. The molecule has 14 nitrogen and oxygen atoms in total. The molecular weight excluding hydrogens is 1370 g/mol. The first-order valence-electron chi connectivity index (χ1n) is 40.1. The van der Waals surface area contributed by atoms with Crippen molar-refractivity contribution in [2.75, 3.05) is 39.3 Å². The van der Waals surface area contributed by atoms with Gasteiger partial charge in [0.1, 0.15) is 11.4 Å². The summed E-state index contributed by atoms with van der Waals surface area (Å²) in [5, 5.41) is 0. The van der Waals surface area contributed by atoms with Crippen LogP contribution in [0.4, 0.5) is 0 Å². The third-order valence-corrected chi connectivity index (χ3v) is 27.9. The van der Waals surface area contributed by atoms with Gasteiger partial charge in [0, 0.05) is 58.1 Å². The number of furan rings is 2. The molecule has 0 radical (unpaired) electrons. The minimum atomic E-state index is -0.160. The lowest BCUT2D eigenvalue weighted by molar-refractivity contribution is -0.124. The molecule has 0 spiro atoms. The molecule has 0 saturated carbocycles. The third-order valence-electron chi connectivity index (χ3n) is 23.3. The summed E-state index contributed by atoms with van der Waals surface area (Å²) in [6.45, 7) is 29.3. The predicted octanol–water partition coefficient (Wildman–Crippen LogP) is 22.1. The standard InChI is InChI=1S/C86H112N6O8S4/c1-13-25-33-53(19-7)47-87-75(59-39-31-41-99-59)69-71(83(87)95)77(89(81(69)93)49-55(21-9)35-27-15-3)65-43-61-63(101-65)45-67(103-61)79-73-74(86(98)91(79)51-57(23-11)37-29-17-5)80(92(85(73)97)52-58(24-12)38-30-18-6)68-46-64-62(104-68)44-66(102-64)78-72-70(82(94)90(78)50-56(22-10)36-28-16-4)76(60-40-32-42-100-60)88(84(72)96)48-54(20-8)34-26-14-2/h31-32,39-46,53-58H,13-30,33-38,47-52H2,1-12H3. The Morgan fingerprint density at radius 3 is 0.654 bits per heavy atom. The number of hydrogen-bond donors (Lipinski definition) is 0. The van der Waals surface area contributed by atoms with E-state index in [1.54, 1.807) is 57.9 Å². The van der Waals surface area contributed by atoms with Gasteiger partial charge in [-0.3, -0.25) is 28.8 Å². The number of nitrogens with zero attached hydrogens (tertiary/aromatic N) is 6. The van der Waals surface area contributed by atoms with Crippen LogP contribution in [0, 0.1) is 35.5 Å². The smallest absolute Gasteiger partial charge is 0.261 e. The summed E-state index contributed by atoms with van der Waals surface area (Å²) in [6.07, 6.45) is 26.9. The summed E-state index contributed by atoms with van der Waals surface area (Å²) < 4.78 is 16.1. The van der Waals surface area contributed by atoms with Crippen LogP contribution < -0.4 is 0 Å². The van der Waals surface area contributed by atoms with Gasteiger partial charge in [0.15, 0.2) is 11.5 Å². The Morgan fingerprint density at radius 2 is 0.481 bits per heavy atom. The summed E-state index contributed by atoms with van der Waals surface area (Å²) in [7, 11) is 0. The van der Waals surface area contributed by atoms with E-state index in [-0.39, 0.29) is 71.0 Å². The number of hydrogen-bond acceptors (Lipinski definition) is 12. The van der Waals surface area contributed by atoms with Crippen LogP contribution >= 0.6 is 45.3 Å². The first-order valence-corrected chi connectivity index (χ1v) is 43.4. The van der Waals surface area contributed by atoms with Crippen LogP contribution in [0.5, 0.6) is 0 Å². The van der Waals surface area contributed by atoms with E-state index in [9.17, 15) is 0 Å². The van der Waals surface area contributed by atoms with Crippen molar-refractivity contribution in [2.24, 2.45) is 35.5 Å². The maximum absolute atomic E-state index is 16.3. The molecule has 6 aromatic heterocycles. The summed E-state index contributed by atoms with van der Waals surface area (Å²) in [4.78, 5) is 109. The first-order chi connectivity index (χ1) is 50.6. The summed E-state index contributed by atoms with van der Waals surface area (Å²) in [5.41, 5.74) is 6.46. The first kappa shape index (κ1) is 76.8. The van der Waals surface area contributed by atoms with Crippen LogP contribution in [-0.2, 0) is 28.8 Å². The molecule has 12 heterocycles. The molecule has 6 unspecified atom stereocenters. The van der Waals surface area contributed by atoms with Crippen LogP contribution in [0.15, 0.2) is 103 Å². The SMILES string of the molecule is CCCCC(CC)CN1C(=O)C2=C(c3cc4sc(C5=C6C(=O)N(CC(CC)CCCC)C(c7cc8sc(C9=C%10C(=O)N(CC(CC)CCCC)C(c%11ccco%11)=C%10C(=O)N9CC(CC)CCCC)cc8s7)=C6C(=O)N5CC(CC)CCCC)cc4s3)N(CC(CC)CCCC)C(=O)C2=C1c1ccco1. The summed E-state index contributed by atoms with van der Waals surface area (Å²) in [5.74, 6) is 1.41. The molecule has 12 rings (SSSR count). The minimum Gasteiger partial charge on any atom is -0.463 e. The van der Waals surface area contributed by atoms with Crippen LogP contribution in [0.3, 0.4) is 0 Å². The normalized spacial score (nSPS) is 18.3. The molecule has 0 bridgehead atoms. The Hall–Kier alpha value is -6.86. The Labute approximate surface area is 634 Å². The maximum atomic E-state index is 16.3. The highest BCUT2D eigenvalue weighted by Crippen LogP contribution is 2.56. The van der Waals surface area contributed by atoms with E-state index in [0.29, 0.717) is 118 Å². The van der Waals surface area contributed by atoms with Gasteiger partial charge >= 0.3 is 0 Å². The number of carbonyl (C=O) groups is 6. The predicted molar refractivity (Wildman–Crippen MR) is 428 cm³/mol. The van der Waals surface area contributed by atoms with Gasteiger partial charge in [0.05, 0.1) is 88.3 Å². The highest BCUT2D eigenvalue weighted by molar-refractivity contribution is 7.29. The molecule has 0 fully saturated rings. The molecule has 0 aromatic carbocycles. The molecule has 6 aromatic rings. The Bertz CT molecular complexity index is 4000. The maximum Gasteiger partial charge on any atom is 0.261 e. The lowest BCUT2D eigenvalue weighted by Gasteiger charge is -2.29. The molecule has 0 saturated heterocycles. The molecule has 104 heavy (non-hydrogen) atoms. The number of amides is 6. The molecule has 0 aliphatic carbocycles. The van der Waals surface area contributed by atoms with Gasteiger partial charge in [-0.15, -0.1) is 45.3 Å². The van der Waals surface area contributed by atoms with Gasteiger partial charge in [0.2, 0.25) is 0 Å². The van der Waals surface area contributed by atoms with Crippen molar-refractivity contribution in [2.45, 2.75) is 237 Å². The monoisotopic (exact) mass is 1480 g/mol. The van der Waals surface area contributed by atoms with Gasteiger partial charge in [0.25, 0.3) is 35.4 Å². The molecule has 18 heteroatoms. The van der Waals surface area contributed by atoms with Crippen molar-refractivity contribution >= 4 is 134 Å². The largest absolute Gasteiger partial charge is 0.463 e. The van der Waals surface area contributed by atoms with Gasteiger partial charge in [-0.25, -0.2) is 0 Å². The zero-order chi connectivity index (χ0) is 73.6. The van der Waals surface area contributed by atoms with E-state index >= 15 is 28.8 Å². The summed E-state index contributed by atoms with van der Waals surface area (Å²) in [6, 6.07) is 16.0. The second-order valence-corrected chi connectivity index (χ2v) is 34.5. The number of carbonyl (C=O) groups excluding carboxylic acids is 6. The van der Waals surface area contributed by atoms with Gasteiger partial charge < -0.3 is 38.2 Å². The van der Waals surface area contributed by atoms with E-state index in [0.717, 1.165) is 192 Å². The number of rotatable bonds is 42. The topological polar surface area (TPSA) is 148 Å². The van der Waals surface area contributed by atoms with Crippen molar-refractivity contribution in [3.8, 4) is 0 Å². The van der Waals surface area contributed by atoms with E-state index < -0.39 is 0 Å². The lowest BCUT2D eigenvalue weighted by atomic mass is 9.98. The van der Waals surface area contributed by atoms with E-state index in [2.05, 4.69) is 107 Å². The molecule has 6 aliphatic heterocycles. The van der Waals surface area contributed by atoms with E-state index in [4.69, 9.17) is 8.83 Å². The fraction of sp³-hybridized carbons (Fsp3) is 0.558. The van der Waals surface area contributed by atoms with E-state index in [1.807, 2.05) is 53.7 Å². The van der Waals surface area contributed by atoms with Crippen molar-refractivity contribution in [1.29, 1.82) is 0 Å². The van der Waals surface area contributed by atoms with Crippen molar-refractivity contribution in [3.05, 3.63) is 126 Å². The zero-order valence-electron chi connectivity index (χ0n) is 64.0. The fourth-order valence-corrected chi connectivity index (χ4v) is 21.8. The second kappa shape index (κ2) is 34.4. The Morgan fingerprint density at radius 1 is 0.288 bits per heavy atom.